The van der Waals surface area contributed by atoms with Crippen LogP contribution in [-0.2, 0) is 13.6 Å². The highest BCUT2D eigenvalue weighted by molar-refractivity contribution is 7.41. The van der Waals surface area contributed by atoms with E-state index in [1.54, 1.807) is 0 Å². The van der Waals surface area contributed by atoms with E-state index >= 15 is 0 Å². The number of hydrogen-bond acceptors (Lipinski definition) is 3. The molecule has 12 fully saturated rings. The van der Waals surface area contributed by atoms with Crippen molar-refractivity contribution in [1.29, 1.82) is 0 Å². The monoisotopic (exact) mass is 484 g/mol. The summed E-state index contributed by atoms with van der Waals surface area (Å²) < 4.78 is 21.5. The van der Waals surface area contributed by atoms with E-state index in [-0.39, 0.29) is 0 Å². The highest BCUT2D eigenvalue weighted by Crippen LogP contribution is 2.64. The van der Waals surface area contributed by atoms with Gasteiger partial charge >= 0.3 is 8.60 Å². The van der Waals surface area contributed by atoms with Crippen molar-refractivity contribution >= 4 is 8.60 Å². The zero-order chi connectivity index (χ0) is 22.0. The predicted octanol–water partition coefficient (Wildman–Crippen LogP) is 7.74. The van der Waals surface area contributed by atoms with Gasteiger partial charge in [-0.2, -0.15) is 0 Å². The van der Waals surface area contributed by atoms with Crippen molar-refractivity contribution in [2.24, 2.45) is 71.0 Å². The summed E-state index contributed by atoms with van der Waals surface area (Å²) in [5.74, 6) is 10.8. The lowest BCUT2D eigenvalue weighted by Crippen LogP contribution is -2.51. The molecule has 0 unspecified atom stereocenters. The molecule has 0 aliphatic heterocycles. The molecule has 34 heavy (non-hydrogen) atoms. The quantitative estimate of drug-likeness (QED) is 0.361. The summed E-state index contributed by atoms with van der Waals surface area (Å²) in [6, 6.07) is 0. The van der Waals surface area contributed by atoms with E-state index < -0.39 is 8.60 Å². The molecular formula is C30H45O3P. The molecular weight excluding hydrogens is 439 g/mol. The Balaban J connectivity index is 0.971. The van der Waals surface area contributed by atoms with Crippen LogP contribution in [0, 0.1) is 71.0 Å². The zero-order valence-corrected chi connectivity index (χ0v) is 21.8. The van der Waals surface area contributed by atoms with Crippen LogP contribution in [-0.4, -0.2) is 18.3 Å². The van der Waals surface area contributed by atoms with E-state index in [1.807, 2.05) is 0 Å². The fourth-order valence-corrected chi connectivity index (χ4v) is 14.3. The van der Waals surface area contributed by atoms with E-state index in [9.17, 15) is 0 Å². The second-order valence-electron chi connectivity index (χ2n) is 15.2. The first-order chi connectivity index (χ1) is 16.7. The predicted molar refractivity (Wildman–Crippen MR) is 133 cm³/mol. The molecule has 0 aromatic heterocycles. The van der Waals surface area contributed by atoms with E-state index in [1.165, 1.54) is 96.3 Å². The SMILES string of the molecule is C1C2CC3CC1CC(C2)C3OP(OC1C2CC3CC(C2)CC1C3)OC1C2CC3CC(C2)CC1C3. The van der Waals surface area contributed by atoms with Gasteiger partial charge in [0.2, 0.25) is 0 Å². The number of hydrogen-bond donors (Lipinski definition) is 0. The van der Waals surface area contributed by atoms with Crippen LogP contribution < -0.4 is 0 Å². The maximum Gasteiger partial charge on any atom is 0.333 e. The minimum Gasteiger partial charge on any atom is -0.308 e. The van der Waals surface area contributed by atoms with E-state index in [2.05, 4.69) is 0 Å². The Labute approximate surface area is 207 Å². The molecule has 12 saturated carbocycles. The number of rotatable bonds is 6. The van der Waals surface area contributed by atoms with Gasteiger partial charge in [-0.1, -0.05) is 0 Å². The molecule has 12 rings (SSSR count). The first kappa shape index (κ1) is 21.3. The smallest absolute Gasteiger partial charge is 0.308 e. The maximum absolute atomic E-state index is 7.16. The Kier molecular flexibility index (Phi) is 4.95. The summed E-state index contributed by atoms with van der Waals surface area (Å²) in [4.78, 5) is 0. The Morgan fingerprint density at radius 3 is 0.706 bits per heavy atom. The van der Waals surface area contributed by atoms with Gasteiger partial charge in [0.1, 0.15) is 0 Å². The summed E-state index contributed by atoms with van der Waals surface area (Å²) in [6.45, 7) is 0. The first-order valence-corrected chi connectivity index (χ1v) is 16.6. The molecule has 0 atom stereocenters. The topological polar surface area (TPSA) is 27.7 Å². The van der Waals surface area contributed by atoms with E-state index in [0.29, 0.717) is 18.3 Å². The van der Waals surface area contributed by atoms with Gasteiger partial charge in [0.25, 0.3) is 0 Å². The van der Waals surface area contributed by atoms with Gasteiger partial charge < -0.3 is 13.6 Å². The fourth-order valence-electron chi connectivity index (χ4n) is 12.5. The molecule has 12 aliphatic carbocycles. The van der Waals surface area contributed by atoms with E-state index in [0.717, 1.165) is 71.0 Å². The van der Waals surface area contributed by atoms with Gasteiger partial charge in [-0.25, -0.2) is 0 Å². The van der Waals surface area contributed by atoms with Crippen LogP contribution in [0.15, 0.2) is 0 Å². The molecule has 0 heterocycles. The average Bonchev–Trinajstić information content (AvgIpc) is 2.79. The van der Waals surface area contributed by atoms with Gasteiger partial charge in [0.15, 0.2) is 0 Å². The van der Waals surface area contributed by atoms with Crippen LogP contribution in [0.5, 0.6) is 0 Å². The minimum atomic E-state index is -1.20. The van der Waals surface area contributed by atoms with Crippen molar-refractivity contribution in [2.45, 2.75) is 115 Å². The molecule has 0 spiro atoms. The molecule has 12 bridgehead atoms. The van der Waals surface area contributed by atoms with Crippen LogP contribution in [0.1, 0.15) is 96.3 Å². The van der Waals surface area contributed by atoms with Crippen molar-refractivity contribution in [1.82, 2.24) is 0 Å². The molecule has 0 aromatic carbocycles. The van der Waals surface area contributed by atoms with Gasteiger partial charge in [-0.05, 0) is 167 Å². The van der Waals surface area contributed by atoms with Crippen molar-refractivity contribution in [3.63, 3.8) is 0 Å². The Bertz CT molecular complexity index is 624. The van der Waals surface area contributed by atoms with Crippen LogP contribution in [0.3, 0.4) is 0 Å². The Morgan fingerprint density at radius 1 is 0.294 bits per heavy atom. The molecule has 0 aromatic rings. The summed E-state index contributed by atoms with van der Waals surface area (Å²) in [7, 11) is -1.20. The summed E-state index contributed by atoms with van der Waals surface area (Å²) in [5.41, 5.74) is 0. The second kappa shape index (κ2) is 7.91. The van der Waals surface area contributed by atoms with Crippen molar-refractivity contribution in [3.8, 4) is 0 Å². The lowest BCUT2D eigenvalue weighted by molar-refractivity contribution is -0.129. The lowest BCUT2D eigenvalue weighted by Gasteiger charge is -2.57. The maximum atomic E-state index is 7.16. The van der Waals surface area contributed by atoms with Crippen LogP contribution >= 0.6 is 8.60 Å². The molecule has 4 heteroatoms. The second-order valence-corrected chi connectivity index (χ2v) is 16.3. The summed E-state index contributed by atoms with van der Waals surface area (Å²) >= 11 is 0. The normalized spacial score (nSPS) is 60.9. The molecule has 0 saturated heterocycles. The van der Waals surface area contributed by atoms with Crippen molar-refractivity contribution in [3.05, 3.63) is 0 Å². The molecule has 188 valence electrons. The average molecular weight is 485 g/mol. The standard InChI is InChI=1S/C30H45O3P/c1-16-4-22-6-17(1)7-23(5-16)28(22)31-34(32-29-24-8-18-2-19(10-24)11-25(29)9-18)33-30-26-12-20-3-21(14-26)15-27(30)13-20/h16-30H,1-15H2. The lowest BCUT2D eigenvalue weighted by atomic mass is 9.55. The molecule has 0 N–H and O–H groups in total. The zero-order valence-electron chi connectivity index (χ0n) is 20.9. The van der Waals surface area contributed by atoms with Crippen LogP contribution in [0.25, 0.3) is 0 Å². The Morgan fingerprint density at radius 2 is 0.500 bits per heavy atom. The third-order valence-electron chi connectivity index (χ3n) is 13.0. The largest absolute Gasteiger partial charge is 0.333 e. The van der Waals surface area contributed by atoms with Gasteiger partial charge in [0.05, 0.1) is 18.3 Å². The minimum absolute atomic E-state index is 0.438. The molecule has 0 radical (unpaired) electrons. The third kappa shape index (κ3) is 3.41. The van der Waals surface area contributed by atoms with Crippen LogP contribution in [0.4, 0.5) is 0 Å². The summed E-state index contributed by atoms with van der Waals surface area (Å²) in [6.07, 6.45) is 23.0. The highest BCUT2D eigenvalue weighted by atomic mass is 31.2. The highest BCUT2D eigenvalue weighted by Gasteiger charge is 2.55. The van der Waals surface area contributed by atoms with Crippen LogP contribution in [0.2, 0.25) is 0 Å². The Hall–Kier alpha value is 0.310. The van der Waals surface area contributed by atoms with Gasteiger partial charge in [-0.15, -0.1) is 0 Å². The van der Waals surface area contributed by atoms with Crippen molar-refractivity contribution in [2.75, 3.05) is 0 Å². The van der Waals surface area contributed by atoms with Crippen molar-refractivity contribution < 1.29 is 13.6 Å². The first-order valence-electron chi connectivity index (χ1n) is 15.5. The molecule has 0 amide bonds. The third-order valence-corrected chi connectivity index (χ3v) is 14.3. The molecule has 3 nitrogen and oxygen atoms in total. The van der Waals surface area contributed by atoms with Gasteiger partial charge in [-0.3, -0.25) is 0 Å². The van der Waals surface area contributed by atoms with E-state index in [4.69, 9.17) is 13.6 Å². The summed E-state index contributed by atoms with van der Waals surface area (Å²) in [5, 5.41) is 0. The van der Waals surface area contributed by atoms with Gasteiger partial charge in [0, 0.05) is 0 Å². The fraction of sp³-hybridized carbons (Fsp3) is 1.00. The molecule has 12 aliphatic rings.